The molecule has 1 aliphatic carbocycles. The van der Waals surface area contributed by atoms with Crippen molar-refractivity contribution in [1.82, 2.24) is 4.90 Å². The predicted octanol–water partition coefficient (Wildman–Crippen LogP) is 1.47. The Bertz CT molecular complexity index is 300. The van der Waals surface area contributed by atoms with E-state index < -0.39 is 0 Å². The first kappa shape index (κ1) is 12.6. The molecule has 4 nitrogen and oxygen atoms in total. The van der Waals surface area contributed by atoms with Gasteiger partial charge in [0.25, 0.3) is 0 Å². The van der Waals surface area contributed by atoms with Gasteiger partial charge in [0, 0.05) is 18.9 Å². The SMILES string of the molecule is CCC1CCC(O)CC1N1C(=O)CCCC1=O. The van der Waals surface area contributed by atoms with Crippen LogP contribution in [0.5, 0.6) is 0 Å². The number of nitrogens with zero attached hydrogens (tertiary/aromatic N) is 1. The Balaban J connectivity index is 2.16. The number of carbonyl (C=O) groups excluding carboxylic acids is 2. The number of imide groups is 1. The lowest BCUT2D eigenvalue weighted by molar-refractivity contribution is -0.154. The highest BCUT2D eigenvalue weighted by Crippen LogP contribution is 2.33. The summed E-state index contributed by atoms with van der Waals surface area (Å²) in [6.07, 6.45) is 4.53. The molecule has 96 valence electrons. The van der Waals surface area contributed by atoms with Crippen molar-refractivity contribution in [3.63, 3.8) is 0 Å². The van der Waals surface area contributed by atoms with Crippen LogP contribution in [0.2, 0.25) is 0 Å². The van der Waals surface area contributed by atoms with Gasteiger partial charge >= 0.3 is 0 Å². The van der Waals surface area contributed by atoms with Crippen LogP contribution in [0.3, 0.4) is 0 Å². The molecule has 2 fully saturated rings. The number of rotatable bonds is 2. The van der Waals surface area contributed by atoms with Crippen LogP contribution in [-0.2, 0) is 9.59 Å². The van der Waals surface area contributed by atoms with E-state index >= 15 is 0 Å². The maximum absolute atomic E-state index is 11.9. The molecule has 0 aromatic heterocycles. The maximum Gasteiger partial charge on any atom is 0.229 e. The Kier molecular flexibility index (Phi) is 3.82. The van der Waals surface area contributed by atoms with Crippen LogP contribution in [-0.4, -0.2) is 34.0 Å². The van der Waals surface area contributed by atoms with Crippen molar-refractivity contribution in [2.45, 2.75) is 64.0 Å². The topological polar surface area (TPSA) is 57.6 Å². The number of aliphatic hydroxyl groups is 1. The smallest absolute Gasteiger partial charge is 0.229 e. The molecule has 0 aromatic carbocycles. The van der Waals surface area contributed by atoms with E-state index in [4.69, 9.17) is 0 Å². The van der Waals surface area contributed by atoms with Gasteiger partial charge in [-0.1, -0.05) is 13.3 Å². The molecule has 1 saturated heterocycles. The van der Waals surface area contributed by atoms with E-state index in [1.54, 1.807) is 0 Å². The van der Waals surface area contributed by atoms with Crippen molar-refractivity contribution in [3.8, 4) is 0 Å². The third-order valence-corrected chi connectivity index (χ3v) is 4.10. The van der Waals surface area contributed by atoms with E-state index in [0.717, 1.165) is 19.3 Å². The molecule has 0 radical (unpaired) electrons. The van der Waals surface area contributed by atoms with Crippen LogP contribution < -0.4 is 0 Å². The quantitative estimate of drug-likeness (QED) is 0.742. The summed E-state index contributed by atoms with van der Waals surface area (Å²) in [6, 6.07) is -0.0657. The standard InChI is InChI=1S/C13H21NO3/c1-2-9-6-7-10(15)8-11(9)14-12(16)4-3-5-13(14)17/h9-11,15H,2-8H2,1H3. The van der Waals surface area contributed by atoms with Gasteiger partial charge in [-0.2, -0.15) is 0 Å². The second-order valence-electron chi connectivity index (χ2n) is 5.21. The van der Waals surface area contributed by atoms with Gasteiger partial charge in [-0.15, -0.1) is 0 Å². The van der Waals surface area contributed by atoms with E-state index in [9.17, 15) is 14.7 Å². The van der Waals surface area contributed by atoms with Crippen LogP contribution >= 0.6 is 0 Å². The normalized spacial score (nSPS) is 35.2. The minimum absolute atomic E-state index is 0.0428. The Morgan fingerprint density at radius 1 is 1.24 bits per heavy atom. The molecule has 4 heteroatoms. The van der Waals surface area contributed by atoms with E-state index in [0.29, 0.717) is 31.6 Å². The second kappa shape index (κ2) is 5.17. The fraction of sp³-hybridized carbons (Fsp3) is 0.846. The zero-order valence-corrected chi connectivity index (χ0v) is 10.4. The summed E-state index contributed by atoms with van der Waals surface area (Å²) in [5, 5.41) is 9.75. The Hall–Kier alpha value is -0.900. The summed E-state index contributed by atoms with van der Waals surface area (Å²) in [5.74, 6) is 0.280. The monoisotopic (exact) mass is 239 g/mol. The average molecular weight is 239 g/mol. The third kappa shape index (κ3) is 2.51. The number of likely N-dealkylation sites (tertiary alicyclic amines) is 1. The van der Waals surface area contributed by atoms with Crippen LogP contribution in [0.1, 0.15) is 51.9 Å². The average Bonchev–Trinajstić information content (AvgIpc) is 2.29. The lowest BCUT2D eigenvalue weighted by Crippen LogP contribution is -2.52. The largest absolute Gasteiger partial charge is 0.393 e. The molecule has 1 aliphatic heterocycles. The molecule has 0 bridgehead atoms. The Labute approximate surface area is 102 Å². The van der Waals surface area contributed by atoms with Gasteiger partial charge in [-0.05, 0) is 31.6 Å². The number of amides is 2. The van der Waals surface area contributed by atoms with E-state index in [2.05, 4.69) is 6.92 Å². The molecule has 1 saturated carbocycles. The van der Waals surface area contributed by atoms with E-state index in [1.807, 2.05) is 0 Å². The van der Waals surface area contributed by atoms with Crippen LogP contribution in [0.4, 0.5) is 0 Å². The van der Waals surface area contributed by atoms with Crippen LogP contribution in [0, 0.1) is 5.92 Å². The first-order valence-corrected chi connectivity index (χ1v) is 6.66. The third-order valence-electron chi connectivity index (χ3n) is 4.10. The van der Waals surface area contributed by atoms with Crippen molar-refractivity contribution < 1.29 is 14.7 Å². The van der Waals surface area contributed by atoms with Gasteiger partial charge in [0.1, 0.15) is 0 Å². The van der Waals surface area contributed by atoms with Gasteiger partial charge in [0.05, 0.1) is 6.10 Å². The lowest BCUT2D eigenvalue weighted by atomic mass is 9.80. The Morgan fingerprint density at radius 2 is 1.88 bits per heavy atom. The highest BCUT2D eigenvalue weighted by Gasteiger charge is 2.39. The van der Waals surface area contributed by atoms with Gasteiger partial charge < -0.3 is 5.11 Å². The number of piperidine rings is 1. The molecule has 2 aliphatic rings. The molecule has 0 aromatic rings. The number of hydrogen-bond acceptors (Lipinski definition) is 3. The van der Waals surface area contributed by atoms with Crippen molar-refractivity contribution in [3.05, 3.63) is 0 Å². The molecule has 17 heavy (non-hydrogen) atoms. The summed E-state index contributed by atoms with van der Waals surface area (Å²) >= 11 is 0. The highest BCUT2D eigenvalue weighted by molar-refractivity contribution is 5.97. The van der Waals surface area contributed by atoms with Crippen molar-refractivity contribution in [2.75, 3.05) is 0 Å². The Morgan fingerprint density at radius 3 is 2.47 bits per heavy atom. The van der Waals surface area contributed by atoms with Crippen molar-refractivity contribution in [2.24, 2.45) is 5.92 Å². The van der Waals surface area contributed by atoms with Crippen LogP contribution in [0.15, 0.2) is 0 Å². The number of carbonyl (C=O) groups is 2. The molecule has 2 amide bonds. The summed E-state index contributed by atoms with van der Waals surface area (Å²) in [5.41, 5.74) is 0. The first-order chi connectivity index (χ1) is 8.13. The van der Waals surface area contributed by atoms with Gasteiger partial charge in [0.2, 0.25) is 11.8 Å². The van der Waals surface area contributed by atoms with E-state index in [-0.39, 0.29) is 24.0 Å². The first-order valence-electron chi connectivity index (χ1n) is 6.66. The molecule has 0 spiro atoms. The van der Waals surface area contributed by atoms with Crippen molar-refractivity contribution >= 4 is 11.8 Å². The summed E-state index contributed by atoms with van der Waals surface area (Å²) in [4.78, 5) is 25.2. The molecule has 1 heterocycles. The van der Waals surface area contributed by atoms with Crippen molar-refractivity contribution in [1.29, 1.82) is 0 Å². The molecule has 1 N–H and O–H groups in total. The summed E-state index contributed by atoms with van der Waals surface area (Å²) in [6.45, 7) is 2.09. The fourth-order valence-electron chi connectivity index (χ4n) is 3.12. The molecule has 3 unspecified atom stereocenters. The second-order valence-corrected chi connectivity index (χ2v) is 5.21. The maximum atomic E-state index is 11.9. The number of hydrogen-bond donors (Lipinski definition) is 1. The van der Waals surface area contributed by atoms with E-state index in [1.165, 1.54) is 4.90 Å². The zero-order chi connectivity index (χ0) is 12.4. The van der Waals surface area contributed by atoms with Crippen LogP contribution in [0.25, 0.3) is 0 Å². The highest BCUT2D eigenvalue weighted by atomic mass is 16.3. The molecule has 3 atom stereocenters. The van der Waals surface area contributed by atoms with Gasteiger partial charge in [0.15, 0.2) is 0 Å². The summed E-state index contributed by atoms with van der Waals surface area (Å²) < 4.78 is 0. The zero-order valence-electron chi connectivity index (χ0n) is 10.4. The molecular formula is C13H21NO3. The summed E-state index contributed by atoms with van der Waals surface area (Å²) in [7, 11) is 0. The molecular weight excluding hydrogens is 218 g/mol. The minimum Gasteiger partial charge on any atom is -0.393 e. The van der Waals surface area contributed by atoms with Gasteiger partial charge in [-0.3, -0.25) is 14.5 Å². The lowest BCUT2D eigenvalue weighted by Gasteiger charge is -2.41. The minimum atomic E-state index is -0.356. The number of aliphatic hydroxyl groups excluding tert-OH is 1. The molecule has 2 rings (SSSR count). The fourth-order valence-corrected chi connectivity index (χ4v) is 3.12. The van der Waals surface area contributed by atoms with Gasteiger partial charge in [-0.25, -0.2) is 0 Å². The predicted molar refractivity (Wildman–Crippen MR) is 63.1 cm³/mol.